The summed E-state index contributed by atoms with van der Waals surface area (Å²) in [5, 5.41) is 16.5. The van der Waals surface area contributed by atoms with Crippen LogP contribution in [0.5, 0.6) is 17.4 Å². The highest BCUT2D eigenvalue weighted by Crippen LogP contribution is 2.30. The molecule has 0 fully saturated rings. The number of benzene rings is 1. The van der Waals surface area contributed by atoms with E-state index in [9.17, 15) is 18.3 Å². The number of nitrogens with one attached hydrogen (secondary N) is 1. The zero-order valence-electron chi connectivity index (χ0n) is 14.6. The van der Waals surface area contributed by atoms with E-state index in [1.54, 1.807) is 36.7 Å². The number of pyridine rings is 1. The van der Waals surface area contributed by atoms with Crippen LogP contribution < -0.4 is 10.1 Å². The van der Waals surface area contributed by atoms with Gasteiger partial charge < -0.3 is 15.2 Å². The molecule has 0 radical (unpaired) electrons. The monoisotopic (exact) mass is 402 g/mol. The molecule has 3 aromatic heterocycles. The third kappa shape index (κ3) is 4.18. The van der Waals surface area contributed by atoms with E-state index in [-0.39, 0.29) is 11.7 Å². The normalized spacial score (nSPS) is 11.6. The average molecular weight is 402 g/mol. The lowest BCUT2D eigenvalue weighted by Crippen LogP contribution is -2.09. The van der Waals surface area contributed by atoms with Gasteiger partial charge in [-0.15, -0.1) is 5.10 Å². The van der Waals surface area contributed by atoms with Crippen LogP contribution in [0.25, 0.3) is 5.78 Å². The molecule has 4 aromatic rings. The molecular weight excluding hydrogens is 389 g/mol. The summed E-state index contributed by atoms with van der Waals surface area (Å²) in [5.74, 6) is 0.260. The predicted octanol–water partition coefficient (Wildman–Crippen LogP) is 3.65. The van der Waals surface area contributed by atoms with Gasteiger partial charge >= 0.3 is 6.18 Å². The minimum absolute atomic E-state index is 0.0317. The molecule has 2 N–H and O–H groups in total. The van der Waals surface area contributed by atoms with E-state index in [0.29, 0.717) is 24.1 Å². The number of rotatable bonds is 5. The Hall–Kier alpha value is -3.89. The number of aromatic nitrogens is 5. The molecule has 11 heteroatoms. The Morgan fingerprint density at radius 3 is 2.38 bits per heavy atom. The Bertz CT molecular complexity index is 1130. The van der Waals surface area contributed by atoms with Gasteiger partial charge in [0.15, 0.2) is 5.69 Å². The molecule has 0 unspecified atom stereocenters. The highest BCUT2D eigenvalue weighted by molar-refractivity contribution is 5.42. The molecule has 148 valence electrons. The summed E-state index contributed by atoms with van der Waals surface area (Å²) in [7, 11) is 0. The molecule has 0 spiro atoms. The first-order valence-electron chi connectivity index (χ1n) is 8.33. The molecule has 0 aliphatic heterocycles. The molecule has 1 aromatic carbocycles. The number of fused-ring (bicyclic) bond motifs is 1. The molecule has 0 aliphatic rings. The number of hydrogen-bond donors (Lipinski definition) is 2. The quantitative estimate of drug-likeness (QED) is 0.526. The van der Waals surface area contributed by atoms with Crippen molar-refractivity contribution in [3.63, 3.8) is 0 Å². The number of anilines is 1. The van der Waals surface area contributed by atoms with Crippen molar-refractivity contribution in [1.29, 1.82) is 0 Å². The summed E-state index contributed by atoms with van der Waals surface area (Å²) in [5.41, 5.74) is -0.384. The van der Waals surface area contributed by atoms with Crippen LogP contribution in [0.1, 0.15) is 11.3 Å². The maximum atomic E-state index is 12.8. The van der Waals surface area contributed by atoms with Crippen LogP contribution in [-0.2, 0) is 12.7 Å². The summed E-state index contributed by atoms with van der Waals surface area (Å²) in [4.78, 5) is 11.2. The number of nitrogens with zero attached hydrogens (tertiary/aromatic N) is 5. The maximum Gasteiger partial charge on any atom is 0.433 e. The zero-order valence-corrected chi connectivity index (χ0v) is 14.6. The SMILES string of the molecule is Oc1cc(C(F)(F)F)nc2nc(NCc3ccc(Oc4ccncc4)cc3)nn12. The van der Waals surface area contributed by atoms with Crippen LogP contribution in [0.15, 0.2) is 54.9 Å². The van der Waals surface area contributed by atoms with Crippen molar-refractivity contribution in [3.8, 4) is 17.4 Å². The molecule has 8 nitrogen and oxygen atoms in total. The first-order chi connectivity index (χ1) is 13.9. The van der Waals surface area contributed by atoms with Crippen LogP contribution >= 0.6 is 0 Å². The molecule has 3 heterocycles. The molecule has 0 saturated heterocycles. The van der Waals surface area contributed by atoms with Gasteiger partial charge in [-0.1, -0.05) is 12.1 Å². The second-order valence-electron chi connectivity index (χ2n) is 5.93. The molecular formula is C18H13F3N6O2. The predicted molar refractivity (Wildman–Crippen MR) is 95.5 cm³/mol. The maximum absolute atomic E-state index is 12.8. The van der Waals surface area contributed by atoms with Crippen molar-refractivity contribution in [2.24, 2.45) is 0 Å². The van der Waals surface area contributed by atoms with E-state index in [1.165, 1.54) is 0 Å². The summed E-state index contributed by atoms with van der Waals surface area (Å²) < 4.78 is 44.8. The Labute approximate surface area is 161 Å². The number of hydrogen-bond acceptors (Lipinski definition) is 7. The van der Waals surface area contributed by atoms with Crippen molar-refractivity contribution in [3.05, 3.63) is 66.1 Å². The van der Waals surface area contributed by atoms with E-state index in [1.807, 2.05) is 12.1 Å². The summed E-state index contributed by atoms with van der Waals surface area (Å²) in [6.45, 7) is 0.305. The number of alkyl halides is 3. The lowest BCUT2D eigenvalue weighted by Gasteiger charge is -2.06. The van der Waals surface area contributed by atoms with Gasteiger partial charge in [0.05, 0.1) is 0 Å². The fraction of sp³-hybridized carbons (Fsp3) is 0.111. The van der Waals surface area contributed by atoms with Crippen LogP contribution in [0, 0.1) is 0 Å². The van der Waals surface area contributed by atoms with E-state index < -0.39 is 17.8 Å². The van der Waals surface area contributed by atoms with Crippen molar-refractivity contribution >= 4 is 11.7 Å². The molecule has 0 amide bonds. The minimum atomic E-state index is -4.70. The largest absolute Gasteiger partial charge is 0.493 e. The van der Waals surface area contributed by atoms with E-state index >= 15 is 0 Å². The topological polar surface area (TPSA) is 97.5 Å². The fourth-order valence-electron chi connectivity index (χ4n) is 2.47. The Morgan fingerprint density at radius 1 is 1.00 bits per heavy atom. The second-order valence-corrected chi connectivity index (χ2v) is 5.93. The van der Waals surface area contributed by atoms with Gasteiger partial charge in [0.25, 0.3) is 5.78 Å². The molecule has 29 heavy (non-hydrogen) atoms. The first-order valence-corrected chi connectivity index (χ1v) is 8.33. The van der Waals surface area contributed by atoms with E-state index in [4.69, 9.17) is 4.74 Å². The highest BCUT2D eigenvalue weighted by atomic mass is 19.4. The second kappa shape index (κ2) is 7.26. The molecule has 0 saturated carbocycles. The van der Waals surface area contributed by atoms with Crippen LogP contribution in [0.3, 0.4) is 0 Å². The fourth-order valence-corrected chi connectivity index (χ4v) is 2.47. The molecule has 0 aliphatic carbocycles. The number of halogens is 3. The Balaban J connectivity index is 1.45. The van der Waals surface area contributed by atoms with Crippen molar-refractivity contribution in [1.82, 2.24) is 24.6 Å². The lowest BCUT2D eigenvalue weighted by molar-refractivity contribution is -0.141. The highest BCUT2D eigenvalue weighted by Gasteiger charge is 2.34. The van der Waals surface area contributed by atoms with E-state index in [0.717, 1.165) is 10.1 Å². The van der Waals surface area contributed by atoms with Gasteiger partial charge in [0, 0.05) is 25.0 Å². The van der Waals surface area contributed by atoms with Gasteiger partial charge in [-0.3, -0.25) is 4.98 Å². The lowest BCUT2D eigenvalue weighted by atomic mass is 10.2. The third-order valence-corrected chi connectivity index (χ3v) is 3.84. The van der Waals surface area contributed by atoms with Crippen LogP contribution in [0.2, 0.25) is 0 Å². The van der Waals surface area contributed by atoms with Crippen LogP contribution in [0.4, 0.5) is 19.1 Å². The number of ether oxygens (including phenoxy) is 1. The van der Waals surface area contributed by atoms with Gasteiger partial charge in [0.1, 0.15) is 11.5 Å². The average Bonchev–Trinajstić information content (AvgIpc) is 3.11. The van der Waals surface area contributed by atoms with Crippen LogP contribution in [-0.4, -0.2) is 29.7 Å². The first kappa shape index (κ1) is 18.5. The summed E-state index contributed by atoms with van der Waals surface area (Å²) in [6.07, 6.45) is -1.45. The zero-order chi connectivity index (χ0) is 20.4. The molecule has 0 bridgehead atoms. The van der Waals surface area contributed by atoms with Gasteiger partial charge in [-0.05, 0) is 29.8 Å². The third-order valence-electron chi connectivity index (χ3n) is 3.84. The van der Waals surface area contributed by atoms with Crippen molar-refractivity contribution in [2.75, 3.05) is 5.32 Å². The van der Waals surface area contributed by atoms with Gasteiger partial charge in [-0.25, -0.2) is 4.98 Å². The summed E-state index contributed by atoms with van der Waals surface area (Å²) in [6, 6.07) is 11.1. The minimum Gasteiger partial charge on any atom is -0.493 e. The molecule has 4 rings (SSSR count). The smallest absolute Gasteiger partial charge is 0.433 e. The number of aromatic hydroxyl groups is 1. The standard InChI is InChI=1S/C18H13F3N6O2/c19-18(20,21)14-9-15(28)27-17(24-14)25-16(26-27)23-10-11-1-3-12(4-2-11)29-13-5-7-22-8-6-13/h1-9,28H,10H2,(H,23,26). The van der Waals surface area contributed by atoms with Gasteiger partial charge in [-0.2, -0.15) is 22.7 Å². The Kier molecular flexibility index (Phi) is 4.63. The van der Waals surface area contributed by atoms with Crippen molar-refractivity contribution < 1.29 is 23.0 Å². The molecule has 0 atom stereocenters. The van der Waals surface area contributed by atoms with Gasteiger partial charge in [0.2, 0.25) is 11.8 Å². The Morgan fingerprint density at radius 2 is 1.69 bits per heavy atom. The van der Waals surface area contributed by atoms with E-state index in [2.05, 4.69) is 25.4 Å². The summed E-state index contributed by atoms with van der Waals surface area (Å²) >= 11 is 0. The van der Waals surface area contributed by atoms with Crippen molar-refractivity contribution in [2.45, 2.75) is 12.7 Å².